The van der Waals surface area contributed by atoms with Gasteiger partial charge in [-0.15, -0.1) is 11.3 Å². The van der Waals surface area contributed by atoms with Crippen LogP contribution in [0.2, 0.25) is 0 Å². The lowest BCUT2D eigenvalue weighted by Gasteiger charge is -2.03. The molecule has 112 valence electrons. The Bertz CT molecular complexity index is 846. The van der Waals surface area contributed by atoms with Gasteiger partial charge in [-0.1, -0.05) is 0 Å². The van der Waals surface area contributed by atoms with Gasteiger partial charge in [0, 0.05) is 10.9 Å². The number of thiophene rings is 1. The van der Waals surface area contributed by atoms with Gasteiger partial charge in [0.1, 0.15) is 15.5 Å². The highest BCUT2D eigenvalue weighted by Gasteiger charge is 2.17. The molecule has 5 nitrogen and oxygen atoms in total. The summed E-state index contributed by atoms with van der Waals surface area (Å²) in [6.45, 7) is 2.04. The quantitative estimate of drug-likeness (QED) is 0.750. The maximum absolute atomic E-state index is 13.1. The molecule has 0 radical (unpaired) electrons. The monoisotopic (exact) mass is 317 g/mol. The summed E-state index contributed by atoms with van der Waals surface area (Å²) in [7, 11) is 0. The third-order valence-corrected chi connectivity index (χ3v) is 4.01. The fourth-order valence-corrected chi connectivity index (χ4v) is 3.00. The SMILES string of the molecule is CCOC(=O)c1cc2c(-c3ccc(F)cc3)nc(N)nc2s1. The third kappa shape index (κ3) is 2.62. The number of anilines is 1. The molecule has 0 unspecified atom stereocenters. The van der Waals surface area contributed by atoms with Crippen molar-refractivity contribution in [1.29, 1.82) is 0 Å². The molecule has 2 N–H and O–H groups in total. The largest absolute Gasteiger partial charge is 0.462 e. The van der Waals surface area contributed by atoms with Gasteiger partial charge >= 0.3 is 5.97 Å². The van der Waals surface area contributed by atoms with E-state index in [0.29, 0.717) is 33.0 Å². The van der Waals surface area contributed by atoms with Gasteiger partial charge < -0.3 is 10.5 Å². The lowest BCUT2D eigenvalue weighted by atomic mass is 10.1. The topological polar surface area (TPSA) is 78.1 Å². The third-order valence-electron chi connectivity index (χ3n) is 3.00. The number of aromatic nitrogens is 2. The van der Waals surface area contributed by atoms with Crippen LogP contribution in [0.3, 0.4) is 0 Å². The first-order valence-electron chi connectivity index (χ1n) is 6.58. The van der Waals surface area contributed by atoms with Crippen LogP contribution in [0.15, 0.2) is 30.3 Å². The zero-order chi connectivity index (χ0) is 15.7. The zero-order valence-electron chi connectivity index (χ0n) is 11.7. The fraction of sp³-hybridized carbons (Fsp3) is 0.133. The molecule has 3 rings (SSSR count). The van der Waals surface area contributed by atoms with E-state index in [4.69, 9.17) is 10.5 Å². The maximum Gasteiger partial charge on any atom is 0.348 e. The van der Waals surface area contributed by atoms with Crippen LogP contribution in [0, 0.1) is 5.82 Å². The van der Waals surface area contributed by atoms with E-state index in [1.165, 1.54) is 23.5 Å². The number of rotatable bonds is 3. The predicted molar refractivity (Wildman–Crippen MR) is 83.2 cm³/mol. The molecule has 0 aliphatic carbocycles. The number of esters is 1. The summed E-state index contributed by atoms with van der Waals surface area (Å²) in [6, 6.07) is 7.59. The minimum absolute atomic E-state index is 0.101. The number of carbonyl (C=O) groups excluding carboxylic acids is 1. The fourth-order valence-electron chi connectivity index (χ4n) is 2.07. The van der Waals surface area contributed by atoms with Crippen LogP contribution in [0.5, 0.6) is 0 Å². The second-order valence-corrected chi connectivity index (χ2v) is 5.52. The highest BCUT2D eigenvalue weighted by atomic mass is 32.1. The summed E-state index contributed by atoms with van der Waals surface area (Å²) in [6.07, 6.45) is 0. The van der Waals surface area contributed by atoms with Crippen LogP contribution in [-0.2, 0) is 4.74 Å². The van der Waals surface area contributed by atoms with E-state index in [1.54, 1.807) is 25.1 Å². The van der Waals surface area contributed by atoms with Crippen molar-refractivity contribution in [3.8, 4) is 11.3 Å². The standard InChI is InChI=1S/C15H12FN3O2S/c1-2-21-14(20)11-7-10-12(8-3-5-9(16)6-4-8)18-15(17)19-13(10)22-11/h3-7H,2H2,1H3,(H2,17,18,19). The number of hydrogen-bond donors (Lipinski definition) is 1. The van der Waals surface area contributed by atoms with E-state index in [2.05, 4.69) is 9.97 Å². The van der Waals surface area contributed by atoms with E-state index in [1.807, 2.05) is 0 Å². The van der Waals surface area contributed by atoms with E-state index in [-0.39, 0.29) is 11.8 Å². The molecule has 0 amide bonds. The van der Waals surface area contributed by atoms with Crippen molar-refractivity contribution in [2.75, 3.05) is 12.3 Å². The Balaban J connectivity index is 2.17. The lowest BCUT2D eigenvalue weighted by molar-refractivity contribution is 0.0532. The lowest BCUT2D eigenvalue weighted by Crippen LogP contribution is -2.01. The molecule has 0 fully saturated rings. The minimum Gasteiger partial charge on any atom is -0.462 e. The highest BCUT2D eigenvalue weighted by Crippen LogP contribution is 2.32. The van der Waals surface area contributed by atoms with Gasteiger partial charge in [-0.05, 0) is 37.3 Å². The summed E-state index contributed by atoms with van der Waals surface area (Å²) < 4.78 is 18.1. The van der Waals surface area contributed by atoms with Crippen molar-refractivity contribution in [3.05, 3.63) is 41.0 Å². The van der Waals surface area contributed by atoms with Crippen molar-refractivity contribution < 1.29 is 13.9 Å². The van der Waals surface area contributed by atoms with Crippen molar-refractivity contribution in [2.24, 2.45) is 0 Å². The Kier molecular flexibility index (Phi) is 3.72. The molecular formula is C15H12FN3O2S. The summed E-state index contributed by atoms with van der Waals surface area (Å²) in [5.74, 6) is -0.641. The van der Waals surface area contributed by atoms with Crippen LogP contribution in [0.25, 0.3) is 21.5 Å². The number of benzene rings is 1. The average molecular weight is 317 g/mol. The summed E-state index contributed by atoms with van der Waals surface area (Å²) in [5.41, 5.74) is 7.00. The normalized spacial score (nSPS) is 10.8. The Labute approximate surface area is 129 Å². The van der Waals surface area contributed by atoms with Gasteiger partial charge in [0.25, 0.3) is 0 Å². The number of halogens is 1. The molecule has 2 heterocycles. The molecule has 0 saturated heterocycles. The minimum atomic E-state index is -0.408. The molecule has 0 atom stereocenters. The van der Waals surface area contributed by atoms with Crippen molar-refractivity contribution >= 4 is 33.5 Å². The smallest absolute Gasteiger partial charge is 0.348 e. The molecule has 1 aromatic carbocycles. The molecule has 0 aliphatic rings. The second-order valence-electron chi connectivity index (χ2n) is 4.49. The zero-order valence-corrected chi connectivity index (χ0v) is 12.5. The van der Waals surface area contributed by atoms with Gasteiger partial charge in [0.05, 0.1) is 12.3 Å². The number of fused-ring (bicyclic) bond motifs is 1. The predicted octanol–water partition coefficient (Wildman–Crippen LogP) is 3.26. The molecule has 0 saturated carbocycles. The van der Waals surface area contributed by atoms with E-state index < -0.39 is 5.97 Å². The van der Waals surface area contributed by atoms with Crippen LogP contribution < -0.4 is 5.73 Å². The number of ether oxygens (including phenoxy) is 1. The van der Waals surface area contributed by atoms with Crippen LogP contribution in [-0.4, -0.2) is 22.5 Å². The first-order chi connectivity index (χ1) is 10.6. The van der Waals surface area contributed by atoms with Gasteiger partial charge in [-0.25, -0.2) is 19.2 Å². The van der Waals surface area contributed by atoms with Crippen LogP contribution in [0.1, 0.15) is 16.6 Å². The Morgan fingerprint density at radius 3 is 2.73 bits per heavy atom. The van der Waals surface area contributed by atoms with Crippen molar-refractivity contribution in [3.63, 3.8) is 0 Å². The second kappa shape index (κ2) is 5.69. The molecule has 22 heavy (non-hydrogen) atoms. The molecule has 7 heteroatoms. The molecule has 2 aromatic heterocycles. The maximum atomic E-state index is 13.1. The van der Waals surface area contributed by atoms with Crippen molar-refractivity contribution in [1.82, 2.24) is 9.97 Å². The van der Waals surface area contributed by atoms with Crippen LogP contribution >= 0.6 is 11.3 Å². The Morgan fingerprint density at radius 2 is 2.05 bits per heavy atom. The molecule has 0 bridgehead atoms. The van der Waals surface area contributed by atoms with E-state index in [0.717, 1.165) is 0 Å². The number of hydrogen-bond acceptors (Lipinski definition) is 6. The van der Waals surface area contributed by atoms with Gasteiger partial charge in [-0.2, -0.15) is 0 Å². The molecular weight excluding hydrogens is 305 g/mol. The molecule has 0 spiro atoms. The number of nitrogens with zero attached hydrogens (tertiary/aromatic N) is 2. The summed E-state index contributed by atoms with van der Waals surface area (Å²) in [4.78, 5) is 21.2. The highest BCUT2D eigenvalue weighted by molar-refractivity contribution is 7.20. The van der Waals surface area contributed by atoms with Gasteiger partial charge in [0.15, 0.2) is 0 Å². The van der Waals surface area contributed by atoms with E-state index >= 15 is 0 Å². The van der Waals surface area contributed by atoms with Crippen LogP contribution in [0.4, 0.5) is 10.3 Å². The van der Waals surface area contributed by atoms with Gasteiger partial charge in [0.2, 0.25) is 5.95 Å². The Morgan fingerprint density at radius 1 is 1.32 bits per heavy atom. The van der Waals surface area contributed by atoms with Gasteiger partial charge in [-0.3, -0.25) is 0 Å². The average Bonchev–Trinajstić information content (AvgIpc) is 2.91. The molecule has 3 aromatic rings. The van der Waals surface area contributed by atoms with Crippen molar-refractivity contribution in [2.45, 2.75) is 6.92 Å². The van der Waals surface area contributed by atoms with E-state index in [9.17, 15) is 9.18 Å². The molecule has 0 aliphatic heterocycles. The number of carbonyl (C=O) groups is 1. The summed E-state index contributed by atoms with van der Waals surface area (Å²) in [5, 5.41) is 0.689. The number of nitrogen functional groups attached to an aromatic ring is 1. The number of nitrogens with two attached hydrogens (primary N) is 1. The Hall–Kier alpha value is -2.54. The first-order valence-corrected chi connectivity index (χ1v) is 7.40. The summed E-state index contributed by atoms with van der Waals surface area (Å²) >= 11 is 1.19. The first kappa shape index (κ1) is 14.4.